The standard InChI is InChI=1S/C27H38N2O7.Rb.H2/c30-15-6-2-1-5-14-28-27(34)36-17-7-16-35-20-26(33)29-19-22-12-10-21(11-13-22)18-25(32)23-8-3-4-9-24(23)31;;/h10-13,15,23H,1-9,14,16-20H2,(H2,28,29,33,34);;1H/q;+1;/p-1. The molecule has 2 rings (SSSR count). The van der Waals surface area contributed by atoms with E-state index in [-0.39, 0.29) is 110 Å². The molecule has 1 aromatic rings. The molecule has 1 N–H and O–H groups in total. The van der Waals surface area contributed by atoms with Crippen LogP contribution in [-0.4, -0.2) is 56.2 Å². The second-order valence-electron chi connectivity index (χ2n) is 8.92. The SMILES string of the molecule is O=CCCCCCNC(=O)OCCCOCC(=O)[N-]Cc1ccc(CC(=O)C2CCCCC2=O)cc1.[HH].[Rb+]. The molecule has 1 aliphatic rings. The molecule has 1 aromatic carbocycles. The maximum absolute atomic E-state index is 12.4. The zero-order chi connectivity index (χ0) is 26.0. The van der Waals surface area contributed by atoms with Crippen molar-refractivity contribution in [3.8, 4) is 0 Å². The third-order valence-corrected chi connectivity index (χ3v) is 5.94. The first-order chi connectivity index (χ1) is 17.5. The van der Waals surface area contributed by atoms with Gasteiger partial charge in [0.1, 0.15) is 17.9 Å². The number of Topliss-reactive ketones (excluding diaryl/α,β-unsaturated/α-hetero) is 2. The van der Waals surface area contributed by atoms with Crippen molar-refractivity contribution in [2.24, 2.45) is 5.92 Å². The van der Waals surface area contributed by atoms with Crippen LogP contribution in [0.1, 0.15) is 70.3 Å². The molecule has 2 amide bonds. The summed E-state index contributed by atoms with van der Waals surface area (Å²) in [4.78, 5) is 58.0. The monoisotopic (exact) mass is 588 g/mol. The fourth-order valence-electron chi connectivity index (χ4n) is 3.89. The van der Waals surface area contributed by atoms with Crippen LogP contribution in [0.3, 0.4) is 0 Å². The van der Waals surface area contributed by atoms with Crippen molar-refractivity contribution in [2.45, 2.75) is 70.8 Å². The number of ether oxygens (including phenoxy) is 2. The fraction of sp³-hybridized carbons (Fsp3) is 0.593. The Hall–Kier alpha value is -1.26. The van der Waals surface area contributed by atoms with Crippen LogP contribution in [0.4, 0.5) is 4.79 Å². The van der Waals surface area contributed by atoms with Crippen LogP contribution in [0.15, 0.2) is 24.3 Å². The maximum atomic E-state index is 12.4. The number of unbranched alkanes of at least 4 members (excludes halogenated alkanes) is 3. The van der Waals surface area contributed by atoms with Crippen molar-refractivity contribution >= 4 is 29.9 Å². The van der Waals surface area contributed by atoms with Gasteiger partial charge >= 0.3 is 64.3 Å². The van der Waals surface area contributed by atoms with Crippen LogP contribution in [-0.2, 0) is 41.6 Å². The van der Waals surface area contributed by atoms with Gasteiger partial charge in [-0.25, -0.2) is 4.79 Å². The molecule has 0 aromatic heterocycles. The minimum absolute atomic E-state index is 0. The van der Waals surface area contributed by atoms with Gasteiger partial charge in [0.05, 0.1) is 31.6 Å². The van der Waals surface area contributed by atoms with Crippen LogP contribution in [0, 0.1) is 5.92 Å². The van der Waals surface area contributed by atoms with Gasteiger partial charge in [-0.1, -0.05) is 42.7 Å². The minimum atomic E-state index is -0.491. The molecule has 200 valence electrons. The third kappa shape index (κ3) is 15.0. The van der Waals surface area contributed by atoms with Crippen molar-refractivity contribution in [3.63, 3.8) is 0 Å². The Kier molecular flexibility index (Phi) is 18.9. The predicted molar refractivity (Wildman–Crippen MR) is 136 cm³/mol. The Bertz CT molecular complexity index is 867. The first-order valence-corrected chi connectivity index (χ1v) is 12.7. The number of hydrogen-bond donors (Lipinski definition) is 1. The summed E-state index contributed by atoms with van der Waals surface area (Å²) in [6.07, 6.45) is 7.11. The predicted octanol–water partition coefficient (Wildman–Crippen LogP) is 1.10. The quantitative estimate of drug-likeness (QED) is 0.164. The number of carbonyl (C=O) groups is 5. The number of nitrogens with zero attached hydrogens (tertiary/aromatic N) is 1. The molecular weight excluding hydrogens is 550 g/mol. The second kappa shape index (κ2) is 20.7. The van der Waals surface area contributed by atoms with Gasteiger partial charge in [-0.2, -0.15) is 0 Å². The van der Waals surface area contributed by atoms with Gasteiger partial charge in [0, 0.05) is 33.7 Å². The van der Waals surface area contributed by atoms with Gasteiger partial charge in [0.15, 0.2) is 0 Å². The topological polar surface area (TPSA) is 130 Å². The number of nitrogens with one attached hydrogen (secondary N) is 1. The van der Waals surface area contributed by atoms with Gasteiger partial charge in [-0.3, -0.25) is 9.59 Å². The summed E-state index contributed by atoms with van der Waals surface area (Å²) in [5.41, 5.74) is 1.69. The number of benzene rings is 1. The van der Waals surface area contributed by atoms with E-state index in [1.807, 2.05) is 24.3 Å². The molecule has 1 atom stereocenters. The number of rotatable bonds is 17. The second-order valence-corrected chi connectivity index (χ2v) is 8.92. The average Bonchev–Trinajstić information content (AvgIpc) is 2.88. The number of aldehydes is 1. The van der Waals surface area contributed by atoms with E-state index >= 15 is 0 Å². The van der Waals surface area contributed by atoms with E-state index in [0.29, 0.717) is 32.2 Å². The molecule has 9 nitrogen and oxygen atoms in total. The molecule has 0 radical (unpaired) electrons. The molecule has 1 unspecified atom stereocenters. The first kappa shape index (κ1) is 33.8. The van der Waals surface area contributed by atoms with E-state index in [4.69, 9.17) is 9.47 Å². The van der Waals surface area contributed by atoms with Gasteiger partial charge in [-0.05, 0) is 31.2 Å². The Labute approximate surface area is 269 Å². The Morgan fingerprint density at radius 2 is 1.78 bits per heavy atom. The van der Waals surface area contributed by atoms with Crippen molar-refractivity contribution < 1.29 is 93.1 Å². The molecule has 0 bridgehead atoms. The van der Waals surface area contributed by atoms with Crippen LogP contribution in [0.5, 0.6) is 0 Å². The average molecular weight is 589 g/mol. The summed E-state index contributed by atoms with van der Waals surface area (Å²) in [5, 5.41) is 6.63. The van der Waals surface area contributed by atoms with Crippen molar-refractivity contribution in [1.82, 2.24) is 5.32 Å². The van der Waals surface area contributed by atoms with Gasteiger partial charge in [0.25, 0.3) is 0 Å². The molecule has 0 spiro atoms. The Morgan fingerprint density at radius 1 is 1.03 bits per heavy atom. The molecule has 1 aliphatic carbocycles. The van der Waals surface area contributed by atoms with E-state index in [9.17, 15) is 24.0 Å². The smallest absolute Gasteiger partial charge is 0.648 e. The molecule has 1 fully saturated rings. The maximum Gasteiger partial charge on any atom is 1.00 e. The van der Waals surface area contributed by atoms with Crippen LogP contribution < -0.4 is 63.5 Å². The van der Waals surface area contributed by atoms with Crippen molar-refractivity contribution in [3.05, 3.63) is 40.7 Å². The molecule has 0 aliphatic heterocycles. The van der Waals surface area contributed by atoms with Crippen LogP contribution >= 0.6 is 0 Å². The number of amides is 2. The Balaban J connectivity index is 0.00000684. The summed E-state index contributed by atoms with van der Waals surface area (Å²) in [6.45, 7) is 1.04. The van der Waals surface area contributed by atoms with Gasteiger partial charge in [0.2, 0.25) is 0 Å². The van der Waals surface area contributed by atoms with Crippen LogP contribution in [0.2, 0.25) is 0 Å². The summed E-state index contributed by atoms with van der Waals surface area (Å²) in [6, 6.07) is 7.33. The molecule has 0 heterocycles. The normalized spacial score (nSPS) is 14.8. The van der Waals surface area contributed by atoms with Gasteiger partial charge < -0.3 is 29.7 Å². The summed E-state index contributed by atoms with van der Waals surface area (Å²) < 4.78 is 10.3. The third-order valence-electron chi connectivity index (χ3n) is 5.94. The minimum Gasteiger partial charge on any atom is -0.648 e. The summed E-state index contributed by atoms with van der Waals surface area (Å²) in [5.74, 6) is -0.781. The molecular formula is C27H39N2O7Rb. The molecule has 10 heteroatoms. The van der Waals surface area contributed by atoms with Crippen molar-refractivity contribution in [1.29, 1.82) is 0 Å². The van der Waals surface area contributed by atoms with Crippen molar-refractivity contribution in [2.75, 3.05) is 26.4 Å². The van der Waals surface area contributed by atoms with E-state index in [2.05, 4.69) is 10.6 Å². The fourth-order valence-corrected chi connectivity index (χ4v) is 3.89. The van der Waals surface area contributed by atoms with Crippen LogP contribution in [0.25, 0.3) is 5.32 Å². The summed E-state index contributed by atoms with van der Waals surface area (Å²) >= 11 is 0. The van der Waals surface area contributed by atoms with E-state index < -0.39 is 12.0 Å². The van der Waals surface area contributed by atoms with E-state index in [1.54, 1.807) is 0 Å². The zero-order valence-electron chi connectivity index (χ0n) is 21.9. The molecule has 1 saturated carbocycles. The number of hydrogen-bond acceptors (Lipinski definition) is 7. The molecule has 37 heavy (non-hydrogen) atoms. The molecule has 0 saturated heterocycles. The van der Waals surface area contributed by atoms with E-state index in [1.165, 1.54) is 0 Å². The zero-order valence-corrected chi connectivity index (χ0v) is 26.8. The number of carbonyl (C=O) groups excluding carboxylic acids is 5. The summed E-state index contributed by atoms with van der Waals surface area (Å²) in [7, 11) is 0. The Morgan fingerprint density at radius 3 is 2.51 bits per heavy atom. The van der Waals surface area contributed by atoms with Gasteiger partial charge in [-0.15, -0.1) is 6.54 Å². The number of alkyl carbamates (subject to hydrolysis) is 1. The largest absolute Gasteiger partial charge is 1.00 e. The number of ketones is 2. The van der Waals surface area contributed by atoms with E-state index in [0.717, 1.165) is 49.5 Å². The first-order valence-electron chi connectivity index (χ1n) is 12.7.